The fourth-order valence-electron chi connectivity index (χ4n) is 5.09. The first-order chi connectivity index (χ1) is 15.0. The van der Waals surface area contributed by atoms with Gasteiger partial charge in [-0.3, -0.25) is 4.79 Å². The zero-order valence-electron chi connectivity index (χ0n) is 17.9. The predicted octanol–water partition coefficient (Wildman–Crippen LogP) is 5.99. The normalized spacial score (nSPS) is 18.9. The van der Waals surface area contributed by atoms with Gasteiger partial charge in [0.15, 0.2) is 0 Å². The largest absolute Gasteiger partial charge is 0.492 e. The lowest BCUT2D eigenvalue weighted by Gasteiger charge is -2.18. The van der Waals surface area contributed by atoms with Crippen molar-refractivity contribution in [3.05, 3.63) is 82.4 Å². The Kier molecular flexibility index (Phi) is 4.93. The Morgan fingerprint density at radius 2 is 1.84 bits per heavy atom. The first-order valence-electron chi connectivity index (χ1n) is 10.8. The summed E-state index contributed by atoms with van der Waals surface area (Å²) in [6.45, 7) is 4.76. The highest BCUT2D eigenvalue weighted by molar-refractivity contribution is 5.75. The molecule has 0 amide bonds. The van der Waals surface area contributed by atoms with Crippen molar-refractivity contribution in [1.82, 2.24) is 0 Å². The first-order valence-corrected chi connectivity index (χ1v) is 10.8. The van der Waals surface area contributed by atoms with Crippen molar-refractivity contribution in [2.45, 2.75) is 45.1 Å². The molecule has 0 saturated heterocycles. The highest BCUT2D eigenvalue weighted by Crippen LogP contribution is 2.43. The van der Waals surface area contributed by atoms with Gasteiger partial charge >= 0.3 is 5.97 Å². The summed E-state index contributed by atoms with van der Waals surface area (Å²) in [6.07, 6.45) is 2.03. The van der Waals surface area contributed by atoms with E-state index in [4.69, 9.17) is 14.6 Å². The van der Waals surface area contributed by atoms with Crippen LogP contribution in [0.5, 0.6) is 11.5 Å². The molecule has 0 radical (unpaired) electrons. The number of carbonyl (C=O) groups is 1. The number of carboxylic acids is 1. The van der Waals surface area contributed by atoms with Crippen LogP contribution in [0.25, 0.3) is 11.1 Å². The van der Waals surface area contributed by atoms with Gasteiger partial charge in [-0.05, 0) is 66.1 Å². The van der Waals surface area contributed by atoms with Gasteiger partial charge in [-0.25, -0.2) is 0 Å². The SMILES string of the molecule is Cc1cccc(C)c1-c1cccc2c1CC[C@H]2Oc1ccc2c(c1)OC[C@H]2CC(=O)O. The van der Waals surface area contributed by atoms with Crippen LogP contribution >= 0.6 is 0 Å². The highest BCUT2D eigenvalue weighted by Gasteiger charge is 2.29. The molecule has 1 aliphatic heterocycles. The Labute approximate surface area is 182 Å². The third-order valence-corrected chi connectivity index (χ3v) is 6.53. The standard InChI is InChI=1S/C27H26O4/c1-16-5-3-6-17(2)27(16)23-8-4-7-22-21(23)11-12-24(22)31-19-9-10-20-18(13-26(28)29)15-30-25(20)14-19/h3-10,14,18,24H,11-13,15H2,1-2H3,(H,28,29)/t18-,24-/m1/s1. The number of rotatable bonds is 5. The summed E-state index contributed by atoms with van der Waals surface area (Å²) in [5.41, 5.74) is 8.82. The lowest BCUT2D eigenvalue weighted by Crippen LogP contribution is -2.07. The summed E-state index contributed by atoms with van der Waals surface area (Å²) in [5, 5.41) is 9.10. The van der Waals surface area contributed by atoms with Gasteiger partial charge in [0, 0.05) is 17.5 Å². The minimum absolute atomic E-state index is 0.00791. The monoisotopic (exact) mass is 414 g/mol. The van der Waals surface area contributed by atoms with Crippen molar-refractivity contribution >= 4 is 5.97 Å². The number of carboxylic acid groups (broad SMARTS) is 1. The second-order valence-corrected chi connectivity index (χ2v) is 8.59. The number of hydrogen-bond acceptors (Lipinski definition) is 3. The molecule has 1 N–H and O–H groups in total. The Balaban J connectivity index is 1.42. The lowest BCUT2D eigenvalue weighted by molar-refractivity contribution is -0.137. The molecular formula is C27H26O4. The molecule has 1 aliphatic carbocycles. The zero-order valence-corrected chi connectivity index (χ0v) is 17.9. The average molecular weight is 415 g/mol. The van der Waals surface area contributed by atoms with E-state index in [0.717, 1.165) is 29.9 Å². The van der Waals surface area contributed by atoms with Gasteiger partial charge in [-0.1, -0.05) is 42.5 Å². The van der Waals surface area contributed by atoms with Crippen LogP contribution in [-0.2, 0) is 11.2 Å². The Morgan fingerprint density at radius 3 is 2.61 bits per heavy atom. The van der Waals surface area contributed by atoms with E-state index < -0.39 is 5.97 Å². The predicted molar refractivity (Wildman–Crippen MR) is 120 cm³/mol. The first kappa shape index (κ1) is 19.7. The molecule has 0 spiro atoms. The summed E-state index contributed by atoms with van der Waals surface area (Å²) in [7, 11) is 0. The number of aliphatic carboxylic acids is 1. The quantitative estimate of drug-likeness (QED) is 0.557. The summed E-state index contributed by atoms with van der Waals surface area (Å²) in [5.74, 6) is 0.619. The Bertz CT molecular complexity index is 1140. The van der Waals surface area contributed by atoms with Crippen molar-refractivity contribution in [3.8, 4) is 22.6 Å². The van der Waals surface area contributed by atoms with Gasteiger partial charge in [-0.15, -0.1) is 0 Å². The smallest absolute Gasteiger partial charge is 0.304 e. The molecule has 4 nitrogen and oxygen atoms in total. The average Bonchev–Trinajstić information content (AvgIpc) is 3.32. The van der Waals surface area contributed by atoms with E-state index in [1.807, 2.05) is 18.2 Å². The molecule has 0 bridgehead atoms. The van der Waals surface area contributed by atoms with E-state index in [1.54, 1.807) is 0 Å². The molecule has 31 heavy (non-hydrogen) atoms. The fraction of sp³-hybridized carbons (Fsp3) is 0.296. The molecule has 0 fully saturated rings. The molecule has 5 rings (SSSR count). The van der Waals surface area contributed by atoms with Gasteiger partial charge < -0.3 is 14.6 Å². The van der Waals surface area contributed by atoms with E-state index in [2.05, 4.69) is 50.2 Å². The molecule has 2 atom stereocenters. The number of fused-ring (bicyclic) bond motifs is 2. The van der Waals surface area contributed by atoms with Gasteiger partial charge in [-0.2, -0.15) is 0 Å². The van der Waals surface area contributed by atoms with E-state index in [9.17, 15) is 4.79 Å². The second-order valence-electron chi connectivity index (χ2n) is 8.59. The molecule has 4 heteroatoms. The van der Waals surface area contributed by atoms with Crippen molar-refractivity contribution in [2.24, 2.45) is 0 Å². The maximum absolute atomic E-state index is 11.1. The maximum atomic E-state index is 11.1. The maximum Gasteiger partial charge on any atom is 0.304 e. The van der Waals surface area contributed by atoms with Crippen LogP contribution in [0.15, 0.2) is 54.6 Å². The summed E-state index contributed by atoms with van der Waals surface area (Å²) in [4.78, 5) is 11.1. The Morgan fingerprint density at radius 1 is 1.06 bits per heavy atom. The van der Waals surface area contributed by atoms with Crippen molar-refractivity contribution < 1.29 is 19.4 Å². The minimum atomic E-state index is -0.802. The molecule has 2 aliphatic rings. The lowest BCUT2D eigenvalue weighted by atomic mass is 9.91. The van der Waals surface area contributed by atoms with Crippen LogP contribution in [0.3, 0.4) is 0 Å². The van der Waals surface area contributed by atoms with Crippen LogP contribution in [0.1, 0.15) is 52.7 Å². The summed E-state index contributed by atoms with van der Waals surface area (Å²) < 4.78 is 12.1. The topological polar surface area (TPSA) is 55.8 Å². The van der Waals surface area contributed by atoms with Gasteiger partial charge in [0.1, 0.15) is 17.6 Å². The van der Waals surface area contributed by atoms with E-state index >= 15 is 0 Å². The fourth-order valence-corrected chi connectivity index (χ4v) is 5.09. The van der Waals surface area contributed by atoms with Crippen LogP contribution < -0.4 is 9.47 Å². The van der Waals surface area contributed by atoms with E-state index in [0.29, 0.717) is 6.61 Å². The molecule has 0 saturated carbocycles. The Hall–Kier alpha value is -3.27. The number of benzene rings is 3. The number of hydrogen-bond donors (Lipinski definition) is 1. The number of ether oxygens (including phenoxy) is 2. The molecule has 158 valence electrons. The van der Waals surface area contributed by atoms with Crippen LogP contribution in [0.2, 0.25) is 0 Å². The molecule has 3 aromatic rings. The third kappa shape index (κ3) is 3.56. The molecule has 0 unspecified atom stereocenters. The number of aryl methyl sites for hydroxylation is 2. The minimum Gasteiger partial charge on any atom is -0.492 e. The molecular weight excluding hydrogens is 388 g/mol. The van der Waals surface area contributed by atoms with Gasteiger partial charge in [0.25, 0.3) is 0 Å². The zero-order chi connectivity index (χ0) is 21.5. The van der Waals surface area contributed by atoms with Crippen LogP contribution in [0.4, 0.5) is 0 Å². The summed E-state index contributed by atoms with van der Waals surface area (Å²) in [6, 6.07) is 18.8. The van der Waals surface area contributed by atoms with Crippen LogP contribution in [-0.4, -0.2) is 17.7 Å². The van der Waals surface area contributed by atoms with Crippen molar-refractivity contribution in [3.63, 3.8) is 0 Å². The van der Waals surface area contributed by atoms with E-state index in [1.165, 1.54) is 33.4 Å². The van der Waals surface area contributed by atoms with Crippen molar-refractivity contribution in [2.75, 3.05) is 6.61 Å². The van der Waals surface area contributed by atoms with Gasteiger partial charge in [0.2, 0.25) is 0 Å². The van der Waals surface area contributed by atoms with Crippen LogP contribution in [0, 0.1) is 13.8 Å². The van der Waals surface area contributed by atoms with E-state index in [-0.39, 0.29) is 18.4 Å². The van der Waals surface area contributed by atoms with Gasteiger partial charge in [0.05, 0.1) is 13.0 Å². The third-order valence-electron chi connectivity index (χ3n) is 6.53. The second kappa shape index (κ2) is 7.77. The highest BCUT2D eigenvalue weighted by atomic mass is 16.5. The van der Waals surface area contributed by atoms with Crippen molar-refractivity contribution in [1.29, 1.82) is 0 Å². The molecule has 0 aromatic heterocycles. The molecule has 3 aromatic carbocycles. The summed E-state index contributed by atoms with van der Waals surface area (Å²) >= 11 is 0. The molecule has 1 heterocycles.